The maximum absolute atomic E-state index is 10.0. The van der Waals surface area contributed by atoms with Gasteiger partial charge in [0.25, 0.3) is 0 Å². The van der Waals surface area contributed by atoms with Gasteiger partial charge in [-0.2, -0.15) is 0 Å². The van der Waals surface area contributed by atoms with Crippen LogP contribution in [0, 0.1) is 12.1 Å². The molecule has 2 aromatic heterocycles. The first-order chi connectivity index (χ1) is 25.0. The van der Waals surface area contributed by atoms with Gasteiger partial charge in [0.1, 0.15) is 0 Å². The normalized spacial score (nSPS) is 10.6. The van der Waals surface area contributed by atoms with Crippen molar-refractivity contribution in [3.05, 3.63) is 194 Å². The van der Waals surface area contributed by atoms with Gasteiger partial charge >= 0.3 is 0 Å². The second-order valence-corrected chi connectivity index (χ2v) is 11.9. The predicted octanol–water partition coefficient (Wildman–Crippen LogP) is 11.8. The topological polar surface area (TPSA) is 63.1 Å². The number of fused-ring (bicyclic) bond motifs is 2. The summed E-state index contributed by atoms with van der Waals surface area (Å²) < 4.78 is 0. The minimum Gasteiger partial charge on any atom is -0.512 e. The molecule has 0 saturated carbocycles. The Labute approximate surface area is 318 Å². The van der Waals surface area contributed by atoms with E-state index in [1.165, 1.54) is 52.9 Å². The van der Waals surface area contributed by atoms with E-state index in [0.29, 0.717) is 0 Å². The number of aliphatic hydroxyl groups excluding tert-OH is 1. The fourth-order valence-electron chi connectivity index (χ4n) is 5.77. The van der Waals surface area contributed by atoms with E-state index in [-0.39, 0.29) is 31.6 Å². The maximum Gasteiger partial charge on any atom is 0.155 e. The third kappa shape index (κ3) is 9.61. The molecule has 0 aliphatic carbocycles. The molecule has 6 aromatic carbocycles. The number of nitrogens with zero attached hydrogens (tertiary/aromatic N) is 2. The number of hydrogen-bond acceptors (Lipinski definition) is 4. The number of aromatic nitrogens is 2. The van der Waals surface area contributed by atoms with Crippen LogP contribution in [0.3, 0.4) is 0 Å². The SMILES string of the molecule is CC(=O)/C=C(/C)O.[Ir].[c-]1ccccc1-c1nccc2cc(-c3ccccc3)ccc12.[c-]1ccccc1-c1nccc2ccc(-c3ccccc3)cc12. The fourth-order valence-corrected chi connectivity index (χ4v) is 5.77. The van der Waals surface area contributed by atoms with Gasteiger partial charge in [-0.3, -0.25) is 4.79 Å². The molecule has 8 rings (SSSR count). The van der Waals surface area contributed by atoms with Gasteiger partial charge in [0.15, 0.2) is 5.78 Å². The molecule has 8 aromatic rings. The largest absolute Gasteiger partial charge is 0.512 e. The first kappa shape index (κ1) is 37.3. The van der Waals surface area contributed by atoms with Crippen molar-refractivity contribution in [2.75, 3.05) is 0 Å². The quantitative estimate of drug-likeness (QED) is 0.106. The molecule has 0 fully saturated rings. The number of allylic oxidation sites excluding steroid dienone is 2. The van der Waals surface area contributed by atoms with Crippen LogP contribution >= 0.6 is 0 Å². The van der Waals surface area contributed by atoms with Crippen LogP contribution in [0.25, 0.3) is 66.3 Å². The van der Waals surface area contributed by atoms with E-state index < -0.39 is 0 Å². The van der Waals surface area contributed by atoms with Crippen LogP contribution in [0.4, 0.5) is 0 Å². The van der Waals surface area contributed by atoms with Crippen molar-refractivity contribution >= 4 is 27.3 Å². The summed E-state index contributed by atoms with van der Waals surface area (Å²) in [5, 5.41) is 13.1. The van der Waals surface area contributed by atoms with Gasteiger partial charge in [0, 0.05) is 38.6 Å². The Bertz CT molecular complexity index is 2390. The molecule has 5 heteroatoms. The van der Waals surface area contributed by atoms with E-state index in [1.54, 1.807) is 0 Å². The summed E-state index contributed by atoms with van der Waals surface area (Å²) in [7, 11) is 0. The molecule has 0 unspecified atom stereocenters. The summed E-state index contributed by atoms with van der Waals surface area (Å²) in [6.45, 7) is 2.85. The van der Waals surface area contributed by atoms with Gasteiger partial charge in [-0.05, 0) is 87.2 Å². The Kier molecular flexibility index (Phi) is 13.1. The number of pyridine rings is 2. The van der Waals surface area contributed by atoms with Crippen LogP contribution in [0.5, 0.6) is 0 Å². The van der Waals surface area contributed by atoms with Gasteiger partial charge < -0.3 is 15.1 Å². The van der Waals surface area contributed by atoms with E-state index in [2.05, 4.69) is 125 Å². The van der Waals surface area contributed by atoms with Gasteiger partial charge in [0.05, 0.1) is 5.76 Å². The number of rotatable bonds is 5. The molecule has 0 aliphatic heterocycles. The number of aliphatic hydroxyl groups is 1. The Morgan fingerprint density at radius 1 is 0.538 bits per heavy atom. The molecule has 2 heterocycles. The first-order valence-corrected chi connectivity index (χ1v) is 16.7. The first-order valence-electron chi connectivity index (χ1n) is 16.7. The van der Waals surface area contributed by atoms with Gasteiger partial charge in [-0.25, -0.2) is 0 Å². The molecular weight excluding hydrogens is 817 g/mol. The zero-order valence-corrected chi connectivity index (χ0v) is 31.2. The number of ketones is 1. The summed E-state index contributed by atoms with van der Waals surface area (Å²) in [5.74, 6) is -0.0625. The van der Waals surface area contributed by atoms with E-state index >= 15 is 0 Å². The molecule has 0 saturated heterocycles. The third-order valence-electron chi connectivity index (χ3n) is 8.09. The van der Waals surface area contributed by atoms with Crippen LogP contribution in [-0.4, -0.2) is 20.9 Å². The summed E-state index contributed by atoms with van der Waals surface area (Å²) in [6, 6.07) is 60.5. The van der Waals surface area contributed by atoms with E-state index in [0.717, 1.165) is 33.3 Å². The standard InChI is InChI=1S/2C21H14N.C5H8O2.Ir/c1-3-7-16(8-4-1)19-12-11-17-13-14-22-21(20(17)15-19)18-9-5-2-6-10-18;1-3-7-16(8-4-1)18-11-12-20-19(15-18)13-14-22-21(20)17-9-5-2-6-10-17;1-4(6)3-5(2)7;/h2*1-9,11-15H;3,6H,1-2H3;/q2*-1;;/b;;4-3-;. The van der Waals surface area contributed by atoms with Crippen LogP contribution < -0.4 is 0 Å². The smallest absolute Gasteiger partial charge is 0.155 e. The second kappa shape index (κ2) is 18.3. The molecule has 0 aliphatic rings. The molecular formula is C47H36IrN2O2-2. The van der Waals surface area contributed by atoms with Crippen molar-refractivity contribution in [3.8, 4) is 44.8 Å². The van der Waals surface area contributed by atoms with Crippen LogP contribution in [0.2, 0.25) is 0 Å². The van der Waals surface area contributed by atoms with E-state index in [4.69, 9.17) is 5.11 Å². The van der Waals surface area contributed by atoms with Gasteiger partial charge in [-0.1, -0.05) is 91.0 Å². The minimum atomic E-state index is -0.125. The predicted molar refractivity (Wildman–Crippen MR) is 210 cm³/mol. The van der Waals surface area contributed by atoms with Crippen molar-refractivity contribution in [1.29, 1.82) is 0 Å². The van der Waals surface area contributed by atoms with Crippen molar-refractivity contribution in [1.82, 2.24) is 9.97 Å². The number of carbonyl (C=O) groups is 1. The molecule has 0 amide bonds. The number of benzene rings is 6. The molecule has 0 spiro atoms. The van der Waals surface area contributed by atoms with Crippen molar-refractivity contribution in [2.45, 2.75) is 13.8 Å². The van der Waals surface area contributed by atoms with Crippen LogP contribution in [0.15, 0.2) is 182 Å². The second-order valence-electron chi connectivity index (χ2n) is 11.9. The van der Waals surface area contributed by atoms with Crippen LogP contribution in [-0.2, 0) is 24.9 Å². The van der Waals surface area contributed by atoms with Crippen molar-refractivity contribution in [2.24, 2.45) is 0 Å². The molecule has 1 N–H and O–H groups in total. The van der Waals surface area contributed by atoms with Crippen LogP contribution in [0.1, 0.15) is 13.8 Å². The Morgan fingerprint density at radius 2 is 1.04 bits per heavy atom. The van der Waals surface area contributed by atoms with E-state index in [9.17, 15) is 4.79 Å². The number of hydrogen-bond donors (Lipinski definition) is 1. The summed E-state index contributed by atoms with van der Waals surface area (Å²) in [4.78, 5) is 19.1. The van der Waals surface area contributed by atoms with Gasteiger partial charge in [-0.15, -0.1) is 71.8 Å². The fraction of sp³-hybridized carbons (Fsp3) is 0.0426. The zero-order chi connectivity index (χ0) is 35.4. The molecule has 0 atom stereocenters. The average Bonchev–Trinajstić information content (AvgIpc) is 3.18. The molecule has 0 bridgehead atoms. The zero-order valence-electron chi connectivity index (χ0n) is 28.8. The summed E-state index contributed by atoms with van der Waals surface area (Å²) in [5.41, 5.74) is 8.90. The minimum absolute atomic E-state index is 0. The molecule has 257 valence electrons. The van der Waals surface area contributed by atoms with E-state index in [1.807, 2.05) is 67.0 Å². The molecule has 52 heavy (non-hydrogen) atoms. The third-order valence-corrected chi connectivity index (χ3v) is 8.09. The summed E-state index contributed by atoms with van der Waals surface area (Å²) >= 11 is 0. The number of carbonyl (C=O) groups excluding carboxylic acids is 1. The van der Waals surface area contributed by atoms with Gasteiger partial charge in [0.2, 0.25) is 0 Å². The monoisotopic (exact) mass is 853 g/mol. The Hall–Kier alpha value is -6.00. The van der Waals surface area contributed by atoms with Crippen molar-refractivity contribution < 1.29 is 30.0 Å². The maximum atomic E-state index is 10.0. The Morgan fingerprint density at radius 3 is 1.54 bits per heavy atom. The molecule has 4 nitrogen and oxygen atoms in total. The summed E-state index contributed by atoms with van der Waals surface area (Å²) in [6.07, 6.45) is 4.90. The molecule has 1 radical (unpaired) electrons. The average molecular weight is 853 g/mol. The Balaban J connectivity index is 0.000000168. The van der Waals surface area contributed by atoms with Crippen molar-refractivity contribution in [3.63, 3.8) is 0 Å².